The van der Waals surface area contributed by atoms with Crippen LogP contribution < -0.4 is 5.32 Å². The van der Waals surface area contributed by atoms with E-state index in [0.29, 0.717) is 18.8 Å². The summed E-state index contributed by atoms with van der Waals surface area (Å²) < 4.78 is 0. The molecule has 0 saturated heterocycles. The van der Waals surface area contributed by atoms with Crippen molar-refractivity contribution in [2.45, 2.75) is 64.3 Å². The molecule has 4 heteroatoms. The van der Waals surface area contributed by atoms with Crippen molar-refractivity contribution >= 4 is 11.9 Å². The molecule has 4 nitrogen and oxygen atoms in total. The fourth-order valence-corrected chi connectivity index (χ4v) is 3.76. The van der Waals surface area contributed by atoms with Crippen LogP contribution in [-0.4, -0.2) is 23.0 Å². The van der Waals surface area contributed by atoms with Gasteiger partial charge in [0.05, 0.1) is 11.8 Å². The van der Waals surface area contributed by atoms with Crippen molar-refractivity contribution in [2.75, 3.05) is 0 Å². The number of amides is 1. The molecule has 118 valence electrons. The number of hydrogen-bond donors (Lipinski definition) is 2. The predicted octanol–water partition coefficient (Wildman–Crippen LogP) is 3.13. The zero-order chi connectivity index (χ0) is 15.2. The van der Waals surface area contributed by atoms with E-state index in [9.17, 15) is 14.7 Å². The van der Waals surface area contributed by atoms with Gasteiger partial charge in [-0.05, 0) is 38.0 Å². The molecule has 3 atom stereocenters. The third-order valence-electron chi connectivity index (χ3n) is 5.07. The van der Waals surface area contributed by atoms with Gasteiger partial charge >= 0.3 is 5.97 Å². The zero-order valence-electron chi connectivity index (χ0n) is 12.9. The predicted molar refractivity (Wildman–Crippen MR) is 81.8 cm³/mol. The molecule has 0 spiro atoms. The van der Waals surface area contributed by atoms with Gasteiger partial charge in [0.2, 0.25) is 5.91 Å². The highest BCUT2D eigenvalue weighted by atomic mass is 16.4. The number of aliphatic carboxylic acids is 1. The van der Waals surface area contributed by atoms with Crippen molar-refractivity contribution in [2.24, 2.45) is 17.8 Å². The van der Waals surface area contributed by atoms with Gasteiger partial charge in [-0.1, -0.05) is 38.3 Å². The van der Waals surface area contributed by atoms with Gasteiger partial charge in [-0.15, -0.1) is 0 Å². The Kier molecular flexibility index (Phi) is 5.83. The van der Waals surface area contributed by atoms with Gasteiger partial charge in [0.15, 0.2) is 0 Å². The normalized spacial score (nSPS) is 28.0. The number of carbonyl (C=O) groups excluding carboxylic acids is 1. The van der Waals surface area contributed by atoms with Crippen LogP contribution in [0.15, 0.2) is 12.2 Å². The van der Waals surface area contributed by atoms with Crippen LogP contribution >= 0.6 is 0 Å². The third kappa shape index (κ3) is 4.08. The van der Waals surface area contributed by atoms with Crippen molar-refractivity contribution < 1.29 is 14.7 Å². The molecule has 1 saturated carbocycles. The minimum absolute atomic E-state index is 0.0656. The first-order valence-corrected chi connectivity index (χ1v) is 8.31. The minimum atomic E-state index is -0.856. The van der Waals surface area contributed by atoms with Crippen LogP contribution in [0.1, 0.15) is 58.3 Å². The number of carboxylic acid groups (broad SMARTS) is 1. The van der Waals surface area contributed by atoms with E-state index in [1.54, 1.807) is 0 Å². The number of rotatable bonds is 5. The summed E-state index contributed by atoms with van der Waals surface area (Å²) in [7, 11) is 0. The van der Waals surface area contributed by atoms with Gasteiger partial charge in [0.25, 0.3) is 0 Å². The molecule has 2 aliphatic carbocycles. The van der Waals surface area contributed by atoms with Gasteiger partial charge in [0, 0.05) is 6.04 Å². The molecule has 21 heavy (non-hydrogen) atoms. The zero-order valence-corrected chi connectivity index (χ0v) is 12.9. The van der Waals surface area contributed by atoms with E-state index in [-0.39, 0.29) is 11.9 Å². The van der Waals surface area contributed by atoms with Gasteiger partial charge in [-0.3, -0.25) is 9.59 Å². The van der Waals surface area contributed by atoms with Crippen molar-refractivity contribution in [3.05, 3.63) is 12.2 Å². The molecule has 2 rings (SSSR count). The lowest BCUT2D eigenvalue weighted by atomic mass is 9.80. The van der Waals surface area contributed by atoms with E-state index in [1.807, 2.05) is 12.2 Å². The number of allylic oxidation sites excluding steroid dienone is 2. The largest absolute Gasteiger partial charge is 0.481 e. The van der Waals surface area contributed by atoms with Crippen LogP contribution in [0.3, 0.4) is 0 Å². The fraction of sp³-hybridized carbons (Fsp3) is 0.765. The molecule has 0 bridgehead atoms. The third-order valence-corrected chi connectivity index (χ3v) is 5.07. The topological polar surface area (TPSA) is 66.4 Å². The van der Waals surface area contributed by atoms with Crippen molar-refractivity contribution in [3.63, 3.8) is 0 Å². The minimum Gasteiger partial charge on any atom is -0.481 e. The number of carbonyl (C=O) groups is 2. The summed E-state index contributed by atoms with van der Waals surface area (Å²) in [6.07, 6.45) is 11.9. The van der Waals surface area contributed by atoms with Gasteiger partial charge in [-0.25, -0.2) is 0 Å². The number of nitrogens with one attached hydrogen (secondary N) is 1. The molecular weight excluding hydrogens is 266 g/mol. The van der Waals surface area contributed by atoms with Gasteiger partial charge < -0.3 is 10.4 Å². The molecule has 0 heterocycles. The SMILES string of the molecule is CCC(NC(=O)C1CC=CCC1C(=O)O)C1CCCCC1. The standard InChI is InChI=1S/C17H27NO3/c1-2-15(12-8-4-3-5-9-12)18-16(19)13-10-6-7-11-14(13)17(20)21/h6-7,12-15H,2-5,8-11H2,1H3,(H,18,19)(H,20,21). The van der Waals surface area contributed by atoms with Crippen molar-refractivity contribution in [1.82, 2.24) is 5.32 Å². The maximum absolute atomic E-state index is 12.5. The van der Waals surface area contributed by atoms with Crippen LogP contribution in [0.2, 0.25) is 0 Å². The molecule has 0 aromatic heterocycles. The second kappa shape index (κ2) is 7.62. The first-order chi connectivity index (χ1) is 10.1. The summed E-state index contributed by atoms with van der Waals surface area (Å²) in [4.78, 5) is 23.8. The fourth-order valence-electron chi connectivity index (χ4n) is 3.76. The Labute approximate surface area is 127 Å². The average Bonchev–Trinajstić information content (AvgIpc) is 2.53. The first-order valence-electron chi connectivity index (χ1n) is 8.31. The summed E-state index contributed by atoms with van der Waals surface area (Å²) in [5, 5.41) is 12.4. The smallest absolute Gasteiger partial charge is 0.307 e. The highest BCUT2D eigenvalue weighted by Gasteiger charge is 2.35. The van der Waals surface area contributed by atoms with Crippen LogP contribution in [-0.2, 0) is 9.59 Å². The van der Waals surface area contributed by atoms with Crippen molar-refractivity contribution in [1.29, 1.82) is 0 Å². The lowest BCUT2D eigenvalue weighted by molar-refractivity contribution is -0.147. The van der Waals surface area contributed by atoms with E-state index < -0.39 is 17.8 Å². The van der Waals surface area contributed by atoms with Gasteiger partial charge in [-0.2, -0.15) is 0 Å². The van der Waals surface area contributed by atoms with E-state index in [4.69, 9.17) is 0 Å². The molecule has 2 N–H and O–H groups in total. The Morgan fingerprint density at radius 2 is 1.76 bits per heavy atom. The highest BCUT2D eigenvalue weighted by Crippen LogP contribution is 2.30. The van der Waals surface area contributed by atoms with E-state index >= 15 is 0 Å². The Hall–Kier alpha value is -1.32. The maximum atomic E-state index is 12.5. The summed E-state index contributed by atoms with van der Waals surface area (Å²) in [6, 6.07) is 0.207. The quantitative estimate of drug-likeness (QED) is 0.765. The maximum Gasteiger partial charge on any atom is 0.307 e. The summed E-state index contributed by atoms with van der Waals surface area (Å²) in [5.74, 6) is -1.34. The van der Waals surface area contributed by atoms with Crippen LogP contribution in [0, 0.1) is 17.8 Å². The van der Waals surface area contributed by atoms with Crippen LogP contribution in [0.4, 0.5) is 0 Å². The first kappa shape index (κ1) is 16.1. The molecule has 1 amide bonds. The molecule has 0 aromatic carbocycles. The van der Waals surface area contributed by atoms with E-state index in [1.165, 1.54) is 32.1 Å². The molecule has 2 aliphatic rings. The monoisotopic (exact) mass is 293 g/mol. The lowest BCUT2D eigenvalue weighted by Gasteiger charge is -2.32. The van der Waals surface area contributed by atoms with Gasteiger partial charge in [0.1, 0.15) is 0 Å². The Bertz CT molecular complexity index is 399. The Balaban J connectivity index is 1.97. The van der Waals surface area contributed by atoms with Crippen LogP contribution in [0.5, 0.6) is 0 Å². The highest BCUT2D eigenvalue weighted by molar-refractivity contribution is 5.85. The summed E-state index contributed by atoms with van der Waals surface area (Å²) >= 11 is 0. The molecule has 3 unspecified atom stereocenters. The number of hydrogen-bond acceptors (Lipinski definition) is 2. The molecule has 0 aromatic rings. The molecule has 0 radical (unpaired) electrons. The second-order valence-corrected chi connectivity index (χ2v) is 6.42. The van der Waals surface area contributed by atoms with Crippen molar-refractivity contribution in [3.8, 4) is 0 Å². The lowest BCUT2D eigenvalue weighted by Crippen LogP contribution is -2.46. The van der Waals surface area contributed by atoms with E-state index in [2.05, 4.69) is 12.2 Å². The summed E-state index contributed by atoms with van der Waals surface area (Å²) in [5.41, 5.74) is 0. The second-order valence-electron chi connectivity index (χ2n) is 6.42. The molecule has 1 fully saturated rings. The summed E-state index contributed by atoms with van der Waals surface area (Å²) in [6.45, 7) is 2.11. The average molecular weight is 293 g/mol. The van der Waals surface area contributed by atoms with Crippen LogP contribution in [0.25, 0.3) is 0 Å². The number of carboxylic acids is 1. The Morgan fingerprint density at radius 3 is 2.33 bits per heavy atom. The Morgan fingerprint density at radius 1 is 1.14 bits per heavy atom. The molecular formula is C17H27NO3. The molecule has 0 aliphatic heterocycles. The van der Waals surface area contributed by atoms with E-state index in [0.717, 1.165) is 6.42 Å².